The molecule has 0 aliphatic carbocycles. The number of hydrogen-bond acceptors (Lipinski definition) is 4. The van der Waals surface area contributed by atoms with E-state index < -0.39 is 0 Å². The topological polar surface area (TPSA) is 103 Å². The number of aromatic hydroxyl groups is 1. The molecule has 1 atom stereocenters. The highest BCUT2D eigenvalue weighted by Gasteiger charge is 2.21. The molecule has 2 aromatic rings. The number of benzene rings is 2. The van der Waals surface area contributed by atoms with E-state index >= 15 is 0 Å². The number of hydrazone groups is 1. The van der Waals surface area contributed by atoms with Crippen molar-refractivity contribution in [3.63, 3.8) is 0 Å². The molecule has 3 amide bonds. The van der Waals surface area contributed by atoms with Gasteiger partial charge in [0.2, 0.25) is 5.91 Å². The second-order valence-electron chi connectivity index (χ2n) is 6.30. The van der Waals surface area contributed by atoms with Crippen LogP contribution in [0.3, 0.4) is 0 Å². The Balaban J connectivity index is 1.72. The van der Waals surface area contributed by atoms with Gasteiger partial charge < -0.3 is 15.7 Å². The number of phenols is 1. The van der Waals surface area contributed by atoms with Gasteiger partial charge in [0, 0.05) is 29.3 Å². The first-order valence-electron chi connectivity index (χ1n) is 8.27. The fourth-order valence-corrected chi connectivity index (χ4v) is 2.83. The van der Waals surface area contributed by atoms with Crippen LogP contribution in [0, 0.1) is 12.8 Å². The molecule has 7 heteroatoms. The molecule has 1 aliphatic heterocycles. The molecule has 1 unspecified atom stereocenters. The summed E-state index contributed by atoms with van der Waals surface area (Å²) in [6.07, 6.45) is 0.386. The largest absolute Gasteiger partial charge is 0.508 e. The van der Waals surface area contributed by atoms with E-state index in [4.69, 9.17) is 0 Å². The molecule has 0 bridgehead atoms. The number of phenolic OH excluding ortho intramolecular Hbond substituents is 1. The van der Waals surface area contributed by atoms with Crippen molar-refractivity contribution in [3.05, 3.63) is 53.6 Å². The van der Waals surface area contributed by atoms with Gasteiger partial charge in [-0.15, -0.1) is 0 Å². The minimum absolute atomic E-state index is 0.00692. The van der Waals surface area contributed by atoms with Crippen LogP contribution in [0.1, 0.15) is 24.5 Å². The number of amides is 3. The standard InChI is InChI=1S/C19H20N4O3/c1-11-8-15(24)6-7-16(11)21-19(26)20-14-5-3-4-13(10-14)18-12(2)9-17(25)22-23-18/h3-8,10,12,24H,9H2,1-2H3,(H,22,25)(H2,20,21,26). The van der Waals surface area contributed by atoms with Crippen LogP contribution in [-0.2, 0) is 4.79 Å². The molecule has 134 valence electrons. The average molecular weight is 352 g/mol. The van der Waals surface area contributed by atoms with E-state index in [-0.39, 0.29) is 23.6 Å². The summed E-state index contributed by atoms with van der Waals surface area (Å²) in [5.74, 6) is 0.0577. The fraction of sp³-hybridized carbons (Fsp3) is 0.211. The molecule has 2 aromatic carbocycles. The maximum absolute atomic E-state index is 12.2. The van der Waals surface area contributed by atoms with Gasteiger partial charge in [-0.25, -0.2) is 10.2 Å². The van der Waals surface area contributed by atoms with Gasteiger partial charge in [-0.05, 0) is 42.8 Å². The van der Waals surface area contributed by atoms with E-state index in [2.05, 4.69) is 21.2 Å². The summed E-state index contributed by atoms with van der Waals surface area (Å²) in [5, 5.41) is 19.1. The first-order chi connectivity index (χ1) is 12.4. The van der Waals surface area contributed by atoms with Crippen LogP contribution in [0.4, 0.5) is 16.2 Å². The summed E-state index contributed by atoms with van der Waals surface area (Å²) in [4.78, 5) is 23.6. The van der Waals surface area contributed by atoms with Gasteiger partial charge in [0.1, 0.15) is 5.75 Å². The van der Waals surface area contributed by atoms with Crippen molar-refractivity contribution in [2.45, 2.75) is 20.3 Å². The molecule has 0 radical (unpaired) electrons. The Bertz CT molecular complexity index is 892. The Hall–Kier alpha value is -3.35. The van der Waals surface area contributed by atoms with Crippen LogP contribution in [0.15, 0.2) is 47.6 Å². The fourth-order valence-electron chi connectivity index (χ4n) is 2.83. The first kappa shape index (κ1) is 17.5. The molecule has 1 aliphatic rings. The van der Waals surface area contributed by atoms with Gasteiger partial charge in [0.25, 0.3) is 0 Å². The van der Waals surface area contributed by atoms with Crippen molar-refractivity contribution in [3.8, 4) is 5.75 Å². The molecule has 1 heterocycles. The van der Waals surface area contributed by atoms with E-state index in [1.807, 2.05) is 25.1 Å². The minimum Gasteiger partial charge on any atom is -0.508 e. The summed E-state index contributed by atoms with van der Waals surface area (Å²) in [6.45, 7) is 3.74. The normalized spacial score (nSPS) is 16.5. The van der Waals surface area contributed by atoms with Crippen LogP contribution in [0.2, 0.25) is 0 Å². The van der Waals surface area contributed by atoms with E-state index in [1.165, 1.54) is 6.07 Å². The van der Waals surface area contributed by atoms with Gasteiger partial charge in [-0.3, -0.25) is 4.79 Å². The van der Waals surface area contributed by atoms with Crippen LogP contribution in [-0.4, -0.2) is 22.8 Å². The van der Waals surface area contributed by atoms with Gasteiger partial charge in [-0.1, -0.05) is 19.1 Å². The molecule has 0 fully saturated rings. The number of nitrogens with one attached hydrogen (secondary N) is 3. The molecular formula is C19H20N4O3. The number of urea groups is 1. The maximum Gasteiger partial charge on any atom is 0.323 e. The molecule has 26 heavy (non-hydrogen) atoms. The third-order valence-corrected chi connectivity index (χ3v) is 4.13. The zero-order valence-electron chi connectivity index (χ0n) is 14.5. The van der Waals surface area contributed by atoms with E-state index in [1.54, 1.807) is 25.1 Å². The van der Waals surface area contributed by atoms with Gasteiger partial charge in [0.15, 0.2) is 0 Å². The molecule has 7 nitrogen and oxygen atoms in total. The lowest BCUT2D eigenvalue weighted by Gasteiger charge is -2.19. The number of rotatable bonds is 3. The van der Waals surface area contributed by atoms with Crippen molar-refractivity contribution in [1.29, 1.82) is 0 Å². The van der Waals surface area contributed by atoms with E-state index in [0.29, 0.717) is 17.8 Å². The van der Waals surface area contributed by atoms with Crippen LogP contribution in [0.5, 0.6) is 5.75 Å². The SMILES string of the molecule is Cc1cc(O)ccc1NC(=O)Nc1cccc(C2=NNC(=O)CC2C)c1. The summed E-state index contributed by atoms with van der Waals surface area (Å²) >= 11 is 0. The zero-order chi connectivity index (χ0) is 18.7. The third kappa shape index (κ3) is 4.00. The van der Waals surface area contributed by atoms with Crippen molar-refractivity contribution in [1.82, 2.24) is 5.43 Å². The molecular weight excluding hydrogens is 332 g/mol. The predicted molar refractivity (Wildman–Crippen MR) is 100 cm³/mol. The number of carbonyl (C=O) groups is 2. The number of carbonyl (C=O) groups excluding carboxylic acids is 2. The average Bonchev–Trinajstić information content (AvgIpc) is 2.57. The monoisotopic (exact) mass is 352 g/mol. The molecule has 0 spiro atoms. The Kier molecular flexibility index (Phi) is 4.88. The second-order valence-corrected chi connectivity index (χ2v) is 6.30. The lowest BCUT2D eigenvalue weighted by Crippen LogP contribution is -2.32. The lowest BCUT2D eigenvalue weighted by atomic mass is 9.94. The highest BCUT2D eigenvalue weighted by molar-refractivity contribution is 6.07. The molecule has 4 N–H and O–H groups in total. The zero-order valence-corrected chi connectivity index (χ0v) is 14.5. The van der Waals surface area contributed by atoms with Crippen LogP contribution in [0.25, 0.3) is 0 Å². The molecule has 0 saturated carbocycles. The quantitative estimate of drug-likeness (QED) is 0.638. The number of nitrogens with zero attached hydrogens (tertiary/aromatic N) is 1. The second kappa shape index (κ2) is 7.26. The van der Waals surface area contributed by atoms with Crippen molar-refractivity contribution < 1.29 is 14.7 Å². The smallest absolute Gasteiger partial charge is 0.323 e. The molecule has 0 saturated heterocycles. The Morgan fingerprint density at radius 1 is 1.23 bits per heavy atom. The summed E-state index contributed by atoms with van der Waals surface area (Å²) in [6, 6.07) is 11.6. The van der Waals surface area contributed by atoms with Crippen molar-refractivity contribution in [2.24, 2.45) is 11.0 Å². The Morgan fingerprint density at radius 2 is 2.04 bits per heavy atom. The van der Waals surface area contributed by atoms with E-state index in [9.17, 15) is 14.7 Å². The predicted octanol–water partition coefficient (Wildman–Crippen LogP) is 3.20. The number of anilines is 2. The van der Waals surface area contributed by atoms with Crippen molar-refractivity contribution in [2.75, 3.05) is 10.6 Å². The van der Waals surface area contributed by atoms with Crippen LogP contribution < -0.4 is 16.1 Å². The van der Waals surface area contributed by atoms with Gasteiger partial charge >= 0.3 is 6.03 Å². The van der Waals surface area contributed by atoms with Gasteiger partial charge in [-0.2, -0.15) is 5.10 Å². The summed E-state index contributed by atoms with van der Waals surface area (Å²) in [7, 11) is 0. The van der Waals surface area contributed by atoms with Gasteiger partial charge in [0.05, 0.1) is 5.71 Å². The highest BCUT2D eigenvalue weighted by atomic mass is 16.3. The first-order valence-corrected chi connectivity index (χ1v) is 8.27. The Labute approximate surface area is 151 Å². The summed E-state index contributed by atoms with van der Waals surface area (Å²) < 4.78 is 0. The highest BCUT2D eigenvalue weighted by Crippen LogP contribution is 2.22. The number of aryl methyl sites for hydroxylation is 1. The molecule has 0 aromatic heterocycles. The number of hydrogen-bond donors (Lipinski definition) is 4. The lowest BCUT2D eigenvalue weighted by molar-refractivity contribution is -0.121. The minimum atomic E-state index is -0.386. The van der Waals surface area contributed by atoms with Crippen molar-refractivity contribution >= 4 is 29.0 Å². The maximum atomic E-state index is 12.2. The third-order valence-electron chi connectivity index (χ3n) is 4.13. The molecule has 3 rings (SSSR count). The van der Waals surface area contributed by atoms with Crippen LogP contribution >= 0.6 is 0 Å². The Morgan fingerprint density at radius 3 is 2.77 bits per heavy atom. The summed E-state index contributed by atoms with van der Waals surface area (Å²) in [5.41, 5.74) is 6.11. The van der Waals surface area contributed by atoms with E-state index in [0.717, 1.165) is 16.8 Å².